The predicted molar refractivity (Wildman–Crippen MR) is 109 cm³/mol. The number of hydrogen-bond acceptors (Lipinski definition) is 3. The van der Waals surface area contributed by atoms with E-state index in [-0.39, 0.29) is 24.0 Å². The third kappa shape index (κ3) is 7.22. The van der Waals surface area contributed by atoms with Gasteiger partial charge in [0, 0.05) is 13.1 Å². The fourth-order valence-electron chi connectivity index (χ4n) is 2.05. The van der Waals surface area contributed by atoms with Crippen LogP contribution < -0.4 is 15.4 Å². The van der Waals surface area contributed by atoms with Gasteiger partial charge >= 0.3 is 0 Å². The Kier molecular flexibility index (Phi) is 9.70. The molecule has 0 spiro atoms. The first-order valence-corrected chi connectivity index (χ1v) is 8.42. The minimum atomic E-state index is 0. The highest BCUT2D eigenvalue weighted by molar-refractivity contribution is 14.0. The third-order valence-electron chi connectivity index (χ3n) is 3.18. The Hall–Kier alpha value is -1.28. The summed E-state index contributed by atoms with van der Waals surface area (Å²) in [5.74, 6) is 1.76. The Morgan fingerprint density at radius 2 is 2.09 bits per heavy atom. The van der Waals surface area contributed by atoms with Crippen LogP contribution in [0, 0.1) is 0 Å². The quantitative estimate of drug-likeness (QED) is 0.389. The van der Waals surface area contributed by atoms with Gasteiger partial charge in [-0.2, -0.15) is 11.3 Å². The van der Waals surface area contributed by atoms with Crippen LogP contribution in [0.1, 0.15) is 18.1 Å². The molecule has 1 heterocycles. The first kappa shape index (κ1) is 19.8. The van der Waals surface area contributed by atoms with Crippen LogP contribution in [0.25, 0.3) is 0 Å². The van der Waals surface area contributed by atoms with Crippen LogP contribution in [0.3, 0.4) is 0 Å². The number of ether oxygens (including phenoxy) is 1. The van der Waals surface area contributed by atoms with E-state index in [0.717, 1.165) is 31.2 Å². The number of hydrogen-bond donors (Lipinski definition) is 2. The van der Waals surface area contributed by atoms with Gasteiger partial charge in [0.1, 0.15) is 5.75 Å². The summed E-state index contributed by atoms with van der Waals surface area (Å²) in [6.07, 6.45) is 0.931. The number of benzene rings is 1. The Morgan fingerprint density at radius 1 is 1.22 bits per heavy atom. The molecule has 0 radical (unpaired) electrons. The molecule has 0 fully saturated rings. The number of guanidine groups is 1. The maximum absolute atomic E-state index is 5.25. The molecule has 0 amide bonds. The van der Waals surface area contributed by atoms with Crippen LogP contribution in [-0.2, 0) is 13.0 Å². The molecule has 0 aliphatic heterocycles. The number of halogens is 1. The van der Waals surface area contributed by atoms with E-state index in [4.69, 9.17) is 4.74 Å². The molecule has 2 N–H and O–H groups in total. The van der Waals surface area contributed by atoms with Gasteiger partial charge in [-0.1, -0.05) is 12.1 Å². The van der Waals surface area contributed by atoms with Crippen molar-refractivity contribution in [1.29, 1.82) is 0 Å². The van der Waals surface area contributed by atoms with E-state index >= 15 is 0 Å². The minimum Gasteiger partial charge on any atom is -0.497 e. The average Bonchev–Trinajstić information content (AvgIpc) is 3.06. The van der Waals surface area contributed by atoms with Crippen LogP contribution >= 0.6 is 35.3 Å². The van der Waals surface area contributed by atoms with Crippen molar-refractivity contribution in [2.24, 2.45) is 4.99 Å². The summed E-state index contributed by atoms with van der Waals surface area (Å²) < 4.78 is 5.25. The summed E-state index contributed by atoms with van der Waals surface area (Å²) in [4.78, 5) is 4.60. The van der Waals surface area contributed by atoms with Gasteiger partial charge in [-0.05, 0) is 53.4 Å². The molecule has 1 aromatic heterocycles. The predicted octanol–water partition coefficient (Wildman–Crippen LogP) is 3.67. The molecule has 6 heteroatoms. The maximum atomic E-state index is 5.25. The Labute approximate surface area is 159 Å². The first-order valence-electron chi connectivity index (χ1n) is 7.48. The number of rotatable bonds is 7. The van der Waals surface area contributed by atoms with Crippen molar-refractivity contribution in [3.8, 4) is 5.75 Å². The summed E-state index contributed by atoms with van der Waals surface area (Å²) in [6, 6.07) is 10.3. The molecule has 0 saturated heterocycles. The second kappa shape index (κ2) is 11.3. The Bertz CT molecular complexity index is 587. The number of nitrogens with zero attached hydrogens (tertiary/aromatic N) is 1. The third-order valence-corrected chi connectivity index (χ3v) is 3.92. The molecule has 1 aromatic carbocycles. The van der Waals surface area contributed by atoms with Crippen LogP contribution in [-0.4, -0.2) is 26.2 Å². The molecule has 0 saturated carbocycles. The van der Waals surface area contributed by atoms with Gasteiger partial charge in [-0.15, -0.1) is 24.0 Å². The summed E-state index contributed by atoms with van der Waals surface area (Å²) >= 11 is 1.70. The lowest BCUT2D eigenvalue weighted by Gasteiger charge is -2.11. The number of methoxy groups -OCH3 is 1. The molecule has 2 rings (SSSR count). The van der Waals surface area contributed by atoms with Crippen molar-refractivity contribution < 1.29 is 4.74 Å². The highest BCUT2D eigenvalue weighted by Crippen LogP contribution is 2.12. The van der Waals surface area contributed by atoms with E-state index in [1.54, 1.807) is 18.4 Å². The monoisotopic (exact) mass is 445 g/mol. The fraction of sp³-hybridized carbons (Fsp3) is 0.353. The average molecular weight is 445 g/mol. The SMILES string of the molecule is CCNC(=NCc1ccsc1)NCCc1cccc(OC)c1.I. The zero-order valence-electron chi connectivity index (χ0n) is 13.5. The van der Waals surface area contributed by atoms with Crippen LogP contribution in [0.2, 0.25) is 0 Å². The Morgan fingerprint density at radius 3 is 2.78 bits per heavy atom. The van der Waals surface area contributed by atoms with Crippen molar-refractivity contribution >= 4 is 41.3 Å². The van der Waals surface area contributed by atoms with Gasteiger partial charge in [0.05, 0.1) is 13.7 Å². The lowest BCUT2D eigenvalue weighted by atomic mass is 10.1. The molecule has 2 aromatic rings. The second-order valence-electron chi connectivity index (χ2n) is 4.86. The molecule has 0 bridgehead atoms. The van der Waals surface area contributed by atoms with Crippen molar-refractivity contribution in [2.75, 3.05) is 20.2 Å². The van der Waals surface area contributed by atoms with Gasteiger partial charge < -0.3 is 15.4 Å². The van der Waals surface area contributed by atoms with E-state index in [1.807, 2.05) is 12.1 Å². The van der Waals surface area contributed by atoms with Gasteiger partial charge in [0.15, 0.2) is 5.96 Å². The van der Waals surface area contributed by atoms with Crippen molar-refractivity contribution in [1.82, 2.24) is 10.6 Å². The largest absolute Gasteiger partial charge is 0.497 e. The highest BCUT2D eigenvalue weighted by Gasteiger charge is 2.00. The minimum absolute atomic E-state index is 0. The standard InChI is InChI=1S/C17H23N3OS.HI/c1-3-18-17(20-12-15-8-10-22-13-15)19-9-7-14-5-4-6-16(11-14)21-2;/h4-6,8,10-11,13H,3,7,9,12H2,1-2H3,(H2,18,19,20);1H. The molecule has 23 heavy (non-hydrogen) atoms. The molecule has 0 unspecified atom stereocenters. The zero-order chi connectivity index (χ0) is 15.6. The molecular formula is C17H24IN3OS. The normalized spacial score (nSPS) is 10.8. The number of aliphatic imine (C=N–C) groups is 1. The van der Waals surface area contributed by atoms with Crippen LogP contribution in [0.5, 0.6) is 5.75 Å². The van der Waals surface area contributed by atoms with E-state index in [1.165, 1.54) is 11.1 Å². The van der Waals surface area contributed by atoms with E-state index < -0.39 is 0 Å². The van der Waals surface area contributed by atoms with Gasteiger partial charge in [0.25, 0.3) is 0 Å². The highest BCUT2D eigenvalue weighted by atomic mass is 127. The second-order valence-corrected chi connectivity index (χ2v) is 5.64. The number of nitrogens with one attached hydrogen (secondary N) is 2. The summed E-state index contributed by atoms with van der Waals surface area (Å²) in [7, 11) is 1.69. The van der Waals surface area contributed by atoms with Crippen molar-refractivity contribution in [3.05, 3.63) is 52.2 Å². The molecule has 0 aliphatic rings. The summed E-state index contributed by atoms with van der Waals surface area (Å²) in [5, 5.41) is 10.8. The van der Waals surface area contributed by atoms with Crippen LogP contribution in [0.4, 0.5) is 0 Å². The van der Waals surface area contributed by atoms with Crippen molar-refractivity contribution in [2.45, 2.75) is 19.9 Å². The van der Waals surface area contributed by atoms with Gasteiger partial charge in [-0.3, -0.25) is 0 Å². The first-order chi connectivity index (χ1) is 10.8. The van der Waals surface area contributed by atoms with Gasteiger partial charge in [0.2, 0.25) is 0 Å². The topological polar surface area (TPSA) is 45.7 Å². The maximum Gasteiger partial charge on any atom is 0.191 e. The lowest BCUT2D eigenvalue weighted by molar-refractivity contribution is 0.414. The van der Waals surface area contributed by atoms with E-state index in [0.29, 0.717) is 6.54 Å². The molecular weight excluding hydrogens is 421 g/mol. The zero-order valence-corrected chi connectivity index (χ0v) is 16.7. The van der Waals surface area contributed by atoms with Crippen molar-refractivity contribution in [3.63, 3.8) is 0 Å². The molecule has 0 atom stereocenters. The molecule has 126 valence electrons. The smallest absolute Gasteiger partial charge is 0.191 e. The summed E-state index contributed by atoms with van der Waals surface area (Å²) in [5.41, 5.74) is 2.50. The molecule has 4 nitrogen and oxygen atoms in total. The Balaban J connectivity index is 0.00000264. The lowest BCUT2D eigenvalue weighted by Crippen LogP contribution is -2.38. The fourth-order valence-corrected chi connectivity index (χ4v) is 2.71. The van der Waals surface area contributed by atoms with Gasteiger partial charge in [-0.25, -0.2) is 4.99 Å². The van der Waals surface area contributed by atoms with E-state index in [2.05, 4.69) is 51.5 Å². The number of thiophene rings is 1. The summed E-state index contributed by atoms with van der Waals surface area (Å²) in [6.45, 7) is 4.47. The van der Waals surface area contributed by atoms with Crippen LogP contribution in [0.15, 0.2) is 46.1 Å². The molecule has 0 aliphatic carbocycles. The van der Waals surface area contributed by atoms with E-state index in [9.17, 15) is 0 Å².